The number of halogens is 1. The van der Waals surface area contributed by atoms with E-state index in [1.54, 1.807) is 34.8 Å². The van der Waals surface area contributed by atoms with Crippen molar-refractivity contribution >= 4 is 39.0 Å². The van der Waals surface area contributed by atoms with E-state index in [0.717, 1.165) is 62.4 Å². The highest BCUT2D eigenvalue weighted by atomic mass is 32.1. The fraction of sp³-hybridized carbons (Fsp3) is 0.355. The summed E-state index contributed by atoms with van der Waals surface area (Å²) in [7, 11) is 0. The molecular formula is C31H31FN8OS. The molecule has 11 heteroatoms. The normalized spacial score (nSPS) is 18.3. The lowest BCUT2D eigenvalue weighted by molar-refractivity contribution is -0.118. The lowest BCUT2D eigenvalue weighted by Gasteiger charge is -2.53. The Bertz CT molecular complexity index is 1760. The minimum atomic E-state index is -0.849. The van der Waals surface area contributed by atoms with Gasteiger partial charge in [-0.25, -0.2) is 14.4 Å². The maximum absolute atomic E-state index is 15.6. The second-order valence-corrected chi connectivity index (χ2v) is 12.6. The number of hydrogen-bond donors (Lipinski definition) is 2. The Labute approximate surface area is 246 Å². The summed E-state index contributed by atoms with van der Waals surface area (Å²) in [6.45, 7) is 5.29. The molecule has 3 aromatic heterocycles. The van der Waals surface area contributed by atoms with E-state index in [0.29, 0.717) is 27.1 Å². The molecule has 0 aliphatic carbocycles. The Hall–Kier alpha value is -4.09. The Morgan fingerprint density at radius 1 is 1.10 bits per heavy atom. The van der Waals surface area contributed by atoms with Gasteiger partial charge >= 0.3 is 0 Å². The maximum Gasteiger partial charge on any atom is 0.257 e. The molecule has 42 heavy (non-hydrogen) atoms. The van der Waals surface area contributed by atoms with Gasteiger partial charge in [-0.15, -0.1) is 11.3 Å². The van der Waals surface area contributed by atoms with Crippen molar-refractivity contribution in [1.29, 1.82) is 0 Å². The number of fused-ring (bicyclic) bond motifs is 2. The molecular weight excluding hydrogens is 551 g/mol. The molecule has 2 N–H and O–H groups in total. The Balaban J connectivity index is 1.09. The molecule has 8 rings (SSSR count). The first kappa shape index (κ1) is 25.6. The van der Waals surface area contributed by atoms with Crippen LogP contribution in [0.1, 0.15) is 36.7 Å². The van der Waals surface area contributed by atoms with Crippen molar-refractivity contribution in [3.63, 3.8) is 0 Å². The van der Waals surface area contributed by atoms with Crippen LogP contribution in [0.2, 0.25) is 0 Å². The summed E-state index contributed by atoms with van der Waals surface area (Å²) in [6.07, 6.45) is 9.35. The number of aromatic nitrogens is 5. The highest BCUT2D eigenvalue weighted by Crippen LogP contribution is 2.41. The molecule has 0 bridgehead atoms. The van der Waals surface area contributed by atoms with Gasteiger partial charge in [-0.3, -0.25) is 14.8 Å². The topological polar surface area (TPSA) is 92.9 Å². The number of thiazole rings is 1. The van der Waals surface area contributed by atoms with Crippen LogP contribution >= 0.6 is 11.3 Å². The van der Waals surface area contributed by atoms with Crippen molar-refractivity contribution in [3.8, 4) is 11.1 Å². The number of anilines is 2. The molecule has 3 aliphatic heterocycles. The van der Waals surface area contributed by atoms with Crippen LogP contribution in [-0.2, 0) is 17.8 Å². The number of carbonyl (C=O) groups is 1. The van der Waals surface area contributed by atoms with E-state index in [1.807, 2.05) is 6.07 Å². The van der Waals surface area contributed by atoms with Crippen molar-refractivity contribution in [1.82, 2.24) is 29.6 Å². The molecule has 1 amide bonds. The van der Waals surface area contributed by atoms with Gasteiger partial charge in [0.15, 0.2) is 11.2 Å². The molecule has 5 aromatic rings. The Morgan fingerprint density at radius 3 is 2.71 bits per heavy atom. The summed E-state index contributed by atoms with van der Waals surface area (Å²) in [5, 5.41) is 13.8. The quantitative estimate of drug-likeness (QED) is 0.297. The zero-order valence-corrected chi connectivity index (χ0v) is 23.9. The summed E-state index contributed by atoms with van der Waals surface area (Å²) < 4.78 is 19.2. The van der Waals surface area contributed by atoms with Gasteiger partial charge < -0.3 is 14.8 Å². The summed E-state index contributed by atoms with van der Waals surface area (Å²) in [6, 6.07) is 11.0. The highest BCUT2D eigenvalue weighted by Gasteiger charge is 2.43. The Kier molecular flexibility index (Phi) is 6.11. The van der Waals surface area contributed by atoms with E-state index in [-0.39, 0.29) is 11.7 Å². The van der Waals surface area contributed by atoms with Crippen LogP contribution in [-0.4, -0.2) is 56.4 Å². The number of hydrogen-bond acceptors (Lipinski definition) is 7. The molecule has 214 valence electrons. The summed E-state index contributed by atoms with van der Waals surface area (Å²) in [5.74, 6) is -0.679. The van der Waals surface area contributed by atoms with E-state index in [9.17, 15) is 4.79 Å². The number of carbonyl (C=O) groups excluding carboxylic acids is 1. The minimum absolute atomic E-state index is 0.306. The lowest BCUT2D eigenvalue weighted by atomic mass is 9.72. The second kappa shape index (κ2) is 10.0. The summed E-state index contributed by atoms with van der Waals surface area (Å²) in [4.78, 5) is 24.9. The monoisotopic (exact) mass is 582 g/mol. The molecule has 0 radical (unpaired) electrons. The first-order valence-electron chi connectivity index (χ1n) is 14.5. The van der Waals surface area contributed by atoms with Crippen molar-refractivity contribution in [2.75, 3.05) is 36.4 Å². The predicted molar refractivity (Wildman–Crippen MR) is 161 cm³/mol. The third-order valence-corrected chi connectivity index (χ3v) is 9.79. The van der Waals surface area contributed by atoms with E-state index in [4.69, 9.17) is 5.10 Å². The summed E-state index contributed by atoms with van der Waals surface area (Å²) in [5.41, 5.74) is 5.50. The maximum atomic E-state index is 15.6. The fourth-order valence-electron chi connectivity index (χ4n) is 6.84. The molecule has 6 heterocycles. The minimum Gasteiger partial charge on any atom is -0.370 e. The molecule has 1 unspecified atom stereocenters. The summed E-state index contributed by atoms with van der Waals surface area (Å²) >= 11 is 1.34. The molecule has 1 atom stereocenters. The molecule has 2 fully saturated rings. The van der Waals surface area contributed by atoms with Crippen LogP contribution < -0.4 is 15.5 Å². The molecule has 3 aliphatic rings. The van der Waals surface area contributed by atoms with Gasteiger partial charge in [-0.1, -0.05) is 12.1 Å². The number of benzene rings is 2. The van der Waals surface area contributed by atoms with Crippen LogP contribution in [0.3, 0.4) is 0 Å². The van der Waals surface area contributed by atoms with Gasteiger partial charge in [0, 0.05) is 54.2 Å². The Morgan fingerprint density at radius 2 is 1.93 bits per heavy atom. The van der Waals surface area contributed by atoms with Crippen molar-refractivity contribution < 1.29 is 9.18 Å². The number of imidazole rings is 1. The van der Waals surface area contributed by atoms with Gasteiger partial charge in [-0.05, 0) is 74.2 Å². The molecule has 9 nitrogen and oxygen atoms in total. The largest absolute Gasteiger partial charge is 0.370 e. The van der Waals surface area contributed by atoms with E-state index in [2.05, 4.69) is 54.3 Å². The van der Waals surface area contributed by atoms with Crippen molar-refractivity contribution in [3.05, 3.63) is 77.7 Å². The zero-order valence-electron chi connectivity index (χ0n) is 23.1. The average molecular weight is 583 g/mol. The number of rotatable bonds is 6. The van der Waals surface area contributed by atoms with Crippen LogP contribution in [0.4, 0.5) is 15.2 Å². The fourth-order valence-corrected chi connectivity index (χ4v) is 7.38. The number of aryl methyl sites for hydroxylation is 1. The second-order valence-electron chi connectivity index (χ2n) is 11.8. The first-order valence-corrected chi connectivity index (χ1v) is 15.4. The number of nitrogens with one attached hydrogen (secondary N) is 2. The van der Waals surface area contributed by atoms with Gasteiger partial charge in [0.05, 0.1) is 22.9 Å². The van der Waals surface area contributed by atoms with Crippen LogP contribution in [0.25, 0.3) is 22.0 Å². The van der Waals surface area contributed by atoms with Crippen LogP contribution in [0.5, 0.6) is 0 Å². The highest BCUT2D eigenvalue weighted by molar-refractivity contribution is 7.13. The number of piperidine rings is 1. The van der Waals surface area contributed by atoms with Crippen LogP contribution in [0.15, 0.2) is 60.5 Å². The smallest absolute Gasteiger partial charge is 0.257 e. The third-order valence-electron chi connectivity index (χ3n) is 9.10. The van der Waals surface area contributed by atoms with Crippen molar-refractivity contribution in [2.24, 2.45) is 5.41 Å². The van der Waals surface area contributed by atoms with E-state index in [1.165, 1.54) is 29.9 Å². The van der Waals surface area contributed by atoms with Gasteiger partial charge in [0.25, 0.3) is 5.91 Å². The predicted octanol–water partition coefficient (Wildman–Crippen LogP) is 4.86. The van der Waals surface area contributed by atoms with Gasteiger partial charge in [-0.2, -0.15) is 5.10 Å². The lowest BCUT2D eigenvalue weighted by Crippen LogP contribution is -2.60. The number of amides is 1. The average Bonchev–Trinajstić information content (AvgIpc) is 3.79. The van der Waals surface area contributed by atoms with E-state index >= 15 is 4.39 Å². The van der Waals surface area contributed by atoms with Gasteiger partial charge in [0.1, 0.15) is 5.82 Å². The zero-order chi connectivity index (χ0) is 28.3. The standard InChI is InChI=1S/C31H31FN8OS/c32-24-14-21(20-3-5-22(6-4-20)39-17-31(18-39)7-9-33-10-8-31)15-25-23(24)16-40(37-25)28(29(41)36-30-34-11-13-42-30)27-26-2-1-12-38(26)19-35-27/h3-6,11,13-16,19,28,33H,1-2,7-10,12,17-18H2,(H,34,36,41). The number of nitrogens with zero attached hydrogens (tertiary/aromatic N) is 6. The molecule has 2 aromatic carbocycles. The molecule has 2 saturated heterocycles. The van der Waals surface area contributed by atoms with E-state index < -0.39 is 6.04 Å². The molecule has 1 spiro atoms. The van der Waals surface area contributed by atoms with Crippen molar-refractivity contribution in [2.45, 2.75) is 38.3 Å². The third kappa shape index (κ3) is 4.38. The molecule has 0 saturated carbocycles. The van der Waals surface area contributed by atoms with Gasteiger partial charge in [0.2, 0.25) is 0 Å². The van der Waals surface area contributed by atoms with Crippen LogP contribution in [0, 0.1) is 11.2 Å². The SMILES string of the molecule is O=C(Nc1nccs1)C(c1ncn2c1CCC2)n1cc2c(F)cc(-c3ccc(N4CC5(CCNCC5)C4)cc3)cc2n1. The first-order chi connectivity index (χ1) is 20.6.